The Balaban J connectivity index is 3.90. The van der Waals surface area contributed by atoms with Crippen molar-refractivity contribution in [3.8, 4) is 0 Å². The van der Waals surface area contributed by atoms with Crippen LogP contribution in [-0.4, -0.2) is 26.1 Å². The number of hydrogen-bond acceptors (Lipinski definition) is 2. The number of aliphatic hydroxyl groups is 1. The molecule has 0 rings (SSSR count). The fourth-order valence-electron chi connectivity index (χ4n) is 0.701. The van der Waals surface area contributed by atoms with E-state index in [0.29, 0.717) is 6.61 Å². The van der Waals surface area contributed by atoms with Crippen LogP contribution in [0.5, 0.6) is 0 Å². The molecule has 0 saturated carbocycles. The third kappa shape index (κ3) is 4.79. The van der Waals surface area contributed by atoms with Gasteiger partial charge in [0.25, 0.3) is 0 Å². The van der Waals surface area contributed by atoms with Gasteiger partial charge < -0.3 is 9.53 Å². The standard InChI is InChI=1S/C10H24O2Si/c1-9(11)7-8-12-13(5,6)10(2,3)4/h9,11H,7-8H2,1-6H3/t9-/m1/s1. The predicted molar refractivity (Wildman–Crippen MR) is 59.4 cm³/mol. The van der Waals surface area contributed by atoms with E-state index in [1.54, 1.807) is 6.92 Å². The fraction of sp³-hybridized carbons (Fsp3) is 1.00. The number of hydrogen-bond donors (Lipinski definition) is 1. The lowest BCUT2D eigenvalue weighted by atomic mass is 10.2. The number of rotatable bonds is 4. The van der Waals surface area contributed by atoms with E-state index in [-0.39, 0.29) is 11.1 Å². The molecule has 0 fully saturated rings. The summed E-state index contributed by atoms with van der Waals surface area (Å²) in [5.41, 5.74) is 0. The van der Waals surface area contributed by atoms with Crippen LogP contribution in [0.25, 0.3) is 0 Å². The van der Waals surface area contributed by atoms with Crippen molar-refractivity contribution in [2.45, 2.75) is 58.4 Å². The minimum atomic E-state index is -1.58. The summed E-state index contributed by atoms with van der Waals surface area (Å²) in [6, 6.07) is 0. The summed E-state index contributed by atoms with van der Waals surface area (Å²) < 4.78 is 5.88. The third-order valence-electron chi connectivity index (χ3n) is 2.80. The van der Waals surface area contributed by atoms with E-state index in [4.69, 9.17) is 9.53 Å². The van der Waals surface area contributed by atoms with Crippen LogP contribution in [0.2, 0.25) is 18.1 Å². The van der Waals surface area contributed by atoms with Crippen LogP contribution in [0.15, 0.2) is 0 Å². The van der Waals surface area contributed by atoms with Crippen molar-refractivity contribution < 1.29 is 9.53 Å². The van der Waals surface area contributed by atoms with Gasteiger partial charge in [0.15, 0.2) is 8.32 Å². The number of aliphatic hydroxyl groups excluding tert-OH is 1. The van der Waals surface area contributed by atoms with Crippen LogP contribution in [0.1, 0.15) is 34.1 Å². The molecule has 0 aromatic carbocycles. The zero-order valence-corrected chi connectivity index (χ0v) is 10.8. The highest BCUT2D eigenvalue weighted by atomic mass is 28.4. The Morgan fingerprint density at radius 2 is 1.77 bits per heavy atom. The molecular formula is C10H24O2Si. The molecule has 80 valence electrons. The topological polar surface area (TPSA) is 29.5 Å². The Kier molecular flexibility index (Phi) is 4.62. The second-order valence-corrected chi connectivity index (χ2v) is 10.1. The van der Waals surface area contributed by atoms with E-state index in [1.807, 2.05) is 0 Å². The first-order valence-electron chi connectivity index (χ1n) is 4.99. The summed E-state index contributed by atoms with van der Waals surface area (Å²) in [5.74, 6) is 0. The molecule has 0 aromatic heterocycles. The molecule has 0 unspecified atom stereocenters. The van der Waals surface area contributed by atoms with Crippen molar-refractivity contribution in [3.05, 3.63) is 0 Å². The second kappa shape index (κ2) is 4.58. The molecule has 0 aliphatic heterocycles. The highest BCUT2D eigenvalue weighted by Gasteiger charge is 2.36. The van der Waals surface area contributed by atoms with Crippen LogP contribution in [0.4, 0.5) is 0 Å². The molecule has 0 bridgehead atoms. The van der Waals surface area contributed by atoms with Gasteiger partial charge in [-0.25, -0.2) is 0 Å². The molecule has 0 aromatic rings. The Labute approximate surface area is 83.4 Å². The van der Waals surface area contributed by atoms with Gasteiger partial charge in [-0.1, -0.05) is 20.8 Å². The molecule has 13 heavy (non-hydrogen) atoms. The van der Waals surface area contributed by atoms with Crippen molar-refractivity contribution in [2.24, 2.45) is 0 Å². The molecule has 0 heterocycles. The average Bonchev–Trinajstić information content (AvgIpc) is 1.82. The molecule has 0 spiro atoms. The van der Waals surface area contributed by atoms with Gasteiger partial charge in [0.05, 0.1) is 6.10 Å². The average molecular weight is 204 g/mol. The van der Waals surface area contributed by atoms with E-state index < -0.39 is 8.32 Å². The van der Waals surface area contributed by atoms with Crippen LogP contribution in [0.3, 0.4) is 0 Å². The van der Waals surface area contributed by atoms with Crippen molar-refractivity contribution in [1.29, 1.82) is 0 Å². The lowest BCUT2D eigenvalue weighted by Gasteiger charge is -2.36. The molecule has 0 saturated heterocycles. The quantitative estimate of drug-likeness (QED) is 0.714. The van der Waals surface area contributed by atoms with Crippen molar-refractivity contribution in [2.75, 3.05) is 6.61 Å². The first kappa shape index (κ1) is 13.1. The fourth-order valence-corrected chi connectivity index (χ4v) is 1.76. The SMILES string of the molecule is C[C@@H](O)CCO[Si](C)(C)C(C)(C)C. The van der Waals surface area contributed by atoms with Gasteiger partial charge in [-0.2, -0.15) is 0 Å². The van der Waals surface area contributed by atoms with Crippen LogP contribution in [0, 0.1) is 0 Å². The van der Waals surface area contributed by atoms with Crippen molar-refractivity contribution in [1.82, 2.24) is 0 Å². The molecule has 3 heteroatoms. The Hall–Kier alpha value is 0.137. The van der Waals surface area contributed by atoms with Gasteiger partial charge in [-0.05, 0) is 31.5 Å². The van der Waals surface area contributed by atoms with Gasteiger partial charge in [0, 0.05) is 6.61 Å². The van der Waals surface area contributed by atoms with Crippen molar-refractivity contribution in [3.63, 3.8) is 0 Å². The van der Waals surface area contributed by atoms with E-state index in [1.165, 1.54) is 0 Å². The summed E-state index contributed by atoms with van der Waals surface area (Å²) in [6.07, 6.45) is 0.497. The molecular weight excluding hydrogens is 180 g/mol. The van der Waals surface area contributed by atoms with Gasteiger partial charge in [0.1, 0.15) is 0 Å². The molecule has 0 amide bonds. The van der Waals surface area contributed by atoms with E-state index in [2.05, 4.69) is 33.9 Å². The highest BCUT2D eigenvalue weighted by Crippen LogP contribution is 2.36. The maximum Gasteiger partial charge on any atom is 0.191 e. The molecule has 1 atom stereocenters. The minimum absolute atomic E-state index is 0.246. The smallest absolute Gasteiger partial charge is 0.191 e. The summed E-state index contributed by atoms with van der Waals surface area (Å²) >= 11 is 0. The first-order chi connectivity index (χ1) is 5.67. The largest absolute Gasteiger partial charge is 0.417 e. The maximum absolute atomic E-state index is 9.09. The molecule has 1 N–H and O–H groups in total. The maximum atomic E-state index is 9.09. The first-order valence-corrected chi connectivity index (χ1v) is 7.89. The molecule has 0 aliphatic carbocycles. The van der Waals surface area contributed by atoms with Crippen molar-refractivity contribution >= 4 is 8.32 Å². The summed E-state index contributed by atoms with van der Waals surface area (Å²) in [5, 5.41) is 9.36. The molecule has 2 nitrogen and oxygen atoms in total. The van der Waals surface area contributed by atoms with E-state index in [9.17, 15) is 0 Å². The highest BCUT2D eigenvalue weighted by molar-refractivity contribution is 6.74. The summed E-state index contributed by atoms with van der Waals surface area (Å²) in [6.45, 7) is 13.6. The predicted octanol–water partition coefficient (Wildman–Crippen LogP) is 2.78. The van der Waals surface area contributed by atoms with Gasteiger partial charge in [-0.3, -0.25) is 0 Å². The summed E-state index contributed by atoms with van der Waals surface area (Å²) in [4.78, 5) is 0. The third-order valence-corrected chi connectivity index (χ3v) is 7.34. The lowest BCUT2D eigenvalue weighted by molar-refractivity contribution is 0.150. The zero-order valence-electron chi connectivity index (χ0n) is 9.85. The van der Waals surface area contributed by atoms with Gasteiger partial charge in [0.2, 0.25) is 0 Å². The van der Waals surface area contributed by atoms with Crippen LogP contribution >= 0.6 is 0 Å². The Morgan fingerprint density at radius 3 is 2.08 bits per heavy atom. The summed E-state index contributed by atoms with van der Waals surface area (Å²) in [7, 11) is -1.58. The molecule has 0 radical (unpaired) electrons. The van der Waals surface area contributed by atoms with Gasteiger partial charge >= 0.3 is 0 Å². The Morgan fingerprint density at radius 1 is 1.31 bits per heavy atom. The molecule has 0 aliphatic rings. The second-order valence-electron chi connectivity index (χ2n) is 5.25. The monoisotopic (exact) mass is 204 g/mol. The zero-order chi connectivity index (χ0) is 10.7. The van der Waals surface area contributed by atoms with Crippen LogP contribution in [-0.2, 0) is 4.43 Å². The Bertz CT molecular complexity index is 147. The van der Waals surface area contributed by atoms with Crippen LogP contribution < -0.4 is 0 Å². The van der Waals surface area contributed by atoms with E-state index in [0.717, 1.165) is 6.42 Å². The van der Waals surface area contributed by atoms with E-state index >= 15 is 0 Å². The normalized spacial score (nSPS) is 15.9. The lowest BCUT2D eigenvalue weighted by Crippen LogP contribution is -2.41. The van der Waals surface area contributed by atoms with Gasteiger partial charge in [-0.15, -0.1) is 0 Å². The minimum Gasteiger partial charge on any atom is -0.417 e.